The second-order valence-corrected chi connectivity index (χ2v) is 5.94. The van der Waals surface area contributed by atoms with Crippen molar-refractivity contribution in [3.63, 3.8) is 0 Å². The smallest absolute Gasteiger partial charge is 0.331 e. The molecule has 1 rings (SSSR count). The Morgan fingerprint density at radius 2 is 2.41 bits per heavy atom. The predicted octanol–water partition coefficient (Wildman–Crippen LogP) is 0.228. The Bertz CT molecular complexity index is 345. The maximum Gasteiger partial charge on any atom is 0.331 e. The Kier molecular flexibility index (Phi) is 5.33. The minimum absolute atomic E-state index is 0.0407. The number of amides is 1. The summed E-state index contributed by atoms with van der Waals surface area (Å²) in [6.45, 7) is 2.71. The normalized spacial score (nSPS) is 26.8. The van der Waals surface area contributed by atoms with Crippen molar-refractivity contribution in [1.82, 2.24) is 5.32 Å². The molecule has 1 amide bonds. The molecule has 6 nitrogen and oxygen atoms in total. The van der Waals surface area contributed by atoms with Gasteiger partial charge in [-0.3, -0.25) is 9.36 Å². The lowest BCUT2D eigenvalue weighted by molar-refractivity contribution is -0.116. The molecule has 0 heterocycles. The molecule has 0 bridgehead atoms. The van der Waals surface area contributed by atoms with E-state index in [1.54, 1.807) is 13.0 Å². The van der Waals surface area contributed by atoms with Crippen molar-refractivity contribution in [1.29, 1.82) is 0 Å². The van der Waals surface area contributed by atoms with Crippen molar-refractivity contribution < 1.29 is 18.8 Å². The van der Waals surface area contributed by atoms with Crippen LogP contribution >= 0.6 is 7.60 Å². The molecule has 0 aromatic carbocycles. The van der Waals surface area contributed by atoms with E-state index in [1.165, 1.54) is 6.08 Å². The summed E-state index contributed by atoms with van der Waals surface area (Å²) in [5.41, 5.74) is 4.87. The van der Waals surface area contributed by atoms with Crippen LogP contribution in [0.15, 0.2) is 12.2 Å². The molecule has 1 saturated carbocycles. The van der Waals surface area contributed by atoms with Crippen molar-refractivity contribution >= 4 is 13.5 Å². The van der Waals surface area contributed by atoms with Crippen LogP contribution in [0.25, 0.3) is 0 Å². The van der Waals surface area contributed by atoms with Crippen LogP contribution in [0.4, 0.5) is 0 Å². The maximum absolute atomic E-state index is 11.6. The molecule has 1 aliphatic rings. The molecular formula is C10H19N2O4P. The van der Waals surface area contributed by atoms with Crippen molar-refractivity contribution in [2.75, 3.05) is 19.7 Å². The molecule has 7 heteroatoms. The van der Waals surface area contributed by atoms with Gasteiger partial charge < -0.3 is 20.5 Å². The SMILES string of the molecule is CCOP(=O)(O)C1CC1/C=C/C(=O)NCCN. The van der Waals surface area contributed by atoms with E-state index in [0.29, 0.717) is 19.5 Å². The Labute approximate surface area is 101 Å². The first-order chi connectivity index (χ1) is 8.01. The summed E-state index contributed by atoms with van der Waals surface area (Å²) in [6.07, 6.45) is 3.62. The zero-order chi connectivity index (χ0) is 12.9. The fourth-order valence-corrected chi connectivity index (χ4v) is 3.18. The van der Waals surface area contributed by atoms with Gasteiger partial charge in [0.25, 0.3) is 0 Å². The fourth-order valence-electron chi connectivity index (χ4n) is 1.53. The largest absolute Gasteiger partial charge is 0.351 e. The molecule has 1 fully saturated rings. The molecule has 0 aliphatic heterocycles. The van der Waals surface area contributed by atoms with E-state index >= 15 is 0 Å². The van der Waals surface area contributed by atoms with Gasteiger partial charge in [-0.05, 0) is 25.3 Å². The van der Waals surface area contributed by atoms with Gasteiger partial charge in [0.05, 0.1) is 12.3 Å². The van der Waals surface area contributed by atoms with Crippen LogP contribution in [0.3, 0.4) is 0 Å². The minimum Gasteiger partial charge on any atom is -0.351 e. The summed E-state index contributed by atoms with van der Waals surface area (Å²) in [4.78, 5) is 20.7. The number of rotatable bonds is 7. The average molecular weight is 262 g/mol. The minimum atomic E-state index is -3.49. The van der Waals surface area contributed by atoms with Crippen LogP contribution in [0.1, 0.15) is 13.3 Å². The summed E-state index contributed by atoms with van der Waals surface area (Å²) in [6, 6.07) is 0. The van der Waals surface area contributed by atoms with Crippen molar-refractivity contribution in [3.05, 3.63) is 12.2 Å². The van der Waals surface area contributed by atoms with Gasteiger partial charge in [-0.25, -0.2) is 0 Å². The molecule has 1 aliphatic carbocycles. The Morgan fingerprint density at radius 1 is 1.71 bits per heavy atom. The van der Waals surface area contributed by atoms with E-state index in [0.717, 1.165) is 0 Å². The van der Waals surface area contributed by atoms with Crippen LogP contribution in [-0.4, -0.2) is 36.2 Å². The zero-order valence-corrected chi connectivity index (χ0v) is 10.7. The second-order valence-electron chi connectivity index (χ2n) is 3.89. The number of carbonyl (C=O) groups excluding carboxylic acids is 1. The number of allylic oxidation sites excluding steroid dienone is 1. The summed E-state index contributed by atoms with van der Waals surface area (Å²) in [7, 11) is -3.49. The molecule has 98 valence electrons. The van der Waals surface area contributed by atoms with E-state index < -0.39 is 7.60 Å². The monoisotopic (exact) mass is 262 g/mol. The topological polar surface area (TPSA) is 102 Å². The fraction of sp³-hybridized carbons (Fsp3) is 0.700. The molecular weight excluding hydrogens is 243 g/mol. The molecule has 0 aromatic rings. The summed E-state index contributed by atoms with van der Waals surface area (Å²) in [5, 5.41) is 2.58. The van der Waals surface area contributed by atoms with Crippen LogP contribution in [0.5, 0.6) is 0 Å². The third kappa shape index (κ3) is 4.60. The molecule has 0 spiro atoms. The lowest BCUT2D eigenvalue weighted by atomic mass is 10.3. The maximum atomic E-state index is 11.6. The molecule has 3 atom stereocenters. The highest BCUT2D eigenvalue weighted by Gasteiger charge is 2.49. The van der Waals surface area contributed by atoms with Crippen LogP contribution in [-0.2, 0) is 13.9 Å². The summed E-state index contributed by atoms with van der Waals surface area (Å²) >= 11 is 0. The van der Waals surface area contributed by atoms with Gasteiger partial charge in [0, 0.05) is 13.1 Å². The lowest BCUT2D eigenvalue weighted by Crippen LogP contribution is -2.27. The standard InChI is InChI=1S/C10H19N2O4P/c1-2-16-17(14,15)9-7-8(9)3-4-10(13)12-6-5-11/h3-4,8-9H,2,5-7,11H2,1H3,(H,12,13)(H,14,15)/b4-3+. The summed E-state index contributed by atoms with van der Waals surface area (Å²) < 4.78 is 16.4. The Hall–Kier alpha value is -0.680. The van der Waals surface area contributed by atoms with E-state index in [9.17, 15) is 14.3 Å². The highest BCUT2D eigenvalue weighted by atomic mass is 31.2. The third-order valence-corrected chi connectivity index (χ3v) is 4.54. The molecule has 0 aromatic heterocycles. The highest BCUT2D eigenvalue weighted by Crippen LogP contribution is 2.62. The number of nitrogens with two attached hydrogens (primary N) is 1. The van der Waals surface area contributed by atoms with E-state index in [-0.39, 0.29) is 24.1 Å². The van der Waals surface area contributed by atoms with Crippen molar-refractivity contribution in [3.8, 4) is 0 Å². The van der Waals surface area contributed by atoms with Crippen LogP contribution in [0.2, 0.25) is 0 Å². The lowest BCUT2D eigenvalue weighted by Gasteiger charge is -2.08. The van der Waals surface area contributed by atoms with Gasteiger partial charge in [0.2, 0.25) is 5.91 Å². The number of hydrogen-bond acceptors (Lipinski definition) is 4. The molecule has 0 saturated heterocycles. The van der Waals surface area contributed by atoms with Gasteiger partial charge in [0.15, 0.2) is 0 Å². The van der Waals surface area contributed by atoms with E-state index in [4.69, 9.17) is 10.3 Å². The third-order valence-electron chi connectivity index (χ3n) is 2.48. The quantitative estimate of drug-likeness (QED) is 0.450. The second kappa shape index (κ2) is 6.31. The Balaban J connectivity index is 2.35. The van der Waals surface area contributed by atoms with E-state index in [2.05, 4.69) is 5.32 Å². The first kappa shape index (κ1) is 14.4. The predicted molar refractivity (Wildman–Crippen MR) is 64.6 cm³/mol. The van der Waals surface area contributed by atoms with E-state index in [1.807, 2.05) is 0 Å². The van der Waals surface area contributed by atoms with Gasteiger partial charge in [0.1, 0.15) is 0 Å². The molecule has 3 unspecified atom stereocenters. The highest BCUT2D eigenvalue weighted by molar-refractivity contribution is 7.54. The van der Waals surface area contributed by atoms with Gasteiger partial charge >= 0.3 is 7.60 Å². The zero-order valence-electron chi connectivity index (χ0n) is 9.83. The van der Waals surface area contributed by atoms with Gasteiger partial charge in [-0.15, -0.1) is 0 Å². The average Bonchev–Trinajstić information content (AvgIpc) is 3.03. The molecule has 4 N–H and O–H groups in total. The van der Waals surface area contributed by atoms with Crippen LogP contribution in [0, 0.1) is 5.92 Å². The van der Waals surface area contributed by atoms with Gasteiger partial charge in [-0.1, -0.05) is 6.08 Å². The molecule has 17 heavy (non-hydrogen) atoms. The number of carbonyl (C=O) groups is 1. The van der Waals surface area contributed by atoms with Gasteiger partial charge in [-0.2, -0.15) is 0 Å². The van der Waals surface area contributed by atoms with Crippen molar-refractivity contribution in [2.24, 2.45) is 11.7 Å². The molecule has 0 radical (unpaired) electrons. The number of nitrogens with one attached hydrogen (secondary N) is 1. The number of hydrogen-bond donors (Lipinski definition) is 3. The first-order valence-corrected chi connectivity index (χ1v) is 7.29. The Morgan fingerprint density at radius 3 is 3.00 bits per heavy atom. The first-order valence-electron chi connectivity index (χ1n) is 5.64. The van der Waals surface area contributed by atoms with Crippen LogP contribution < -0.4 is 11.1 Å². The summed E-state index contributed by atoms with van der Waals surface area (Å²) in [5.74, 6) is -0.272. The van der Waals surface area contributed by atoms with Crippen molar-refractivity contribution in [2.45, 2.75) is 19.0 Å².